The molecule has 1 aliphatic carbocycles. The second kappa shape index (κ2) is 6.42. The number of ether oxygens (including phenoxy) is 1. The standard InChI is InChI=1S/C20H20N2O5S/c1-14-10-12-15(13-11-14)28(25,26)21-17-7-4-3-6-16(17)20(22(23)24)18(21)8-5-9-19(20)27-2/h3-7,9-13,18-19H,8H2,1-2H3/t18-,19+,20+/m0/s1. The lowest BCUT2D eigenvalue weighted by atomic mass is 9.76. The van der Waals surface area contributed by atoms with Crippen LogP contribution in [-0.2, 0) is 20.3 Å². The summed E-state index contributed by atoms with van der Waals surface area (Å²) in [6.45, 7) is 1.87. The lowest BCUT2D eigenvalue weighted by Gasteiger charge is -2.37. The van der Waals surface area contributed by atoms with Crippen LogP contribution in [0.3, 0.4) is 0 Å². The van der Waals surface area contributed by atoms with Gasteiger partial charge in [-0.3, -0.25) is 14.4 Å². The molecular weight excluding hydrogens is 380 g/mol. The number of hydrogen-bond acceptors (Lipinski definition) is 5. The van der Waals surface area contributed by atoms with Crippen molar-refractivity contribution < 1.29 is 18.1 Å². The highest BCUT2D eigenvalue weighted by Crippen LogP contribution is 2.53. The smallest absolute Gasteiger partial charge is 0.299 e. The molecule has 1 heterocycles. The van der Waals surface area contributed by atoms with E-state index in [0.717, 1.165) is 5.56 Å². The maximum atomic E-state index is 13.6. The van der Waals surface area contributed by atoms with Gasteiger partial charge in [0.25, 0.3) is 15.6 Å². The first-order valence-corrected chi connectivity index (χ1v) is 10.3. The number of para-hydroxylation sites is 1. The number of aryl methyl sites for hydroxylation is 1. The molecule has 0 unspecified atom stereocenters. The highest BCUT2D eigenvalue weighted by molar-refractivity contribution is 7.92. The topological polar surface area (TPSA) is 89.8 Å². The zero-order valence-electron chi connectivity index (χ0n) is 15.5. The Labute approximate surface area is 163 Å². The van der Waals surface area contributed by atoms with Crippen LogP contribution in [0.15, 0.2) is 65.6 Å². The average molecular weight is 400 g/mol. The van der Waals surface area contributed by atoms with Crippen LogP contribution in [0.1, 0.15) is 17.5 Å². The first kappa shape index (κ1) is 18.6. The molecule has 3 atom stereocenters. The van der Waals surface area contributed by atoms with E-state index in [9.17, 15) is 18.5 Å². The molecule has 1 aliphatic heterocycles. The van der Waals surface area contributed by atoms with Gasteiger partial charge in [-0.25, -0.2) is 8.42 Å². The zero-order chi connectivity index (χ0) is 20.1. The first-order chi connectivity index (χ1) is 13.3. The summed E-state index contributed by atoms with van der Waals surface area (Å²) in [7, 11) is -2.60. The van der Waals surface area contributed by atoms with Gasteiger partial charge in [0.2, 0.25) is 0 Å². The number of sulfonamides is 1. The number of rotatable bonds is 4. The van der Waals surface area contributed by atoms with E-state index in [1.165, 1.54) is 23.5 Å². The van der Waals surface area contributed by atoms with Gasteiger partial charge in [-0.05, 0) is 37.6 Å². The van der Waals surface area contributed by atoms with Gasteiger partial charge in [-0.1, -0.05) is 42.0 Å². The van der Waals surface area contributed by atoms with Gasteiger partial charge in [0.1, 0.15) is 6.04 Å². The van der Waals surface area contributed by atoms with E-state index >= 15 is 0 Å². The third-order valence-electron chi connectivity index (χ3n) is 5.60. The molecule has 0 bridgehead atoms. The third kappa shape index (κ3) is 2.34. The Morgan fingerprint density at radius 2 is 1.86 bits per heavy atom. The van der Waals surface area contributed by atoms with Crippen molar-refractivity contribution in [3.8, 4) is 0 Å². The van der Waals surface area contributed by atoms with Crippen molar-refractivity contribution in [2.24, 2.45) is 0 Å². The minimum atomic E-state index is -4.00. The molecule has 7 nitrogen and oxygen atoms in total. The summed E-state index contributed by atoms with van der Waals surface area (Å²) in [5.74, 6) is 0. The number of anilines is 1. The van der Waals surface area contributed by atoms with Crippen LogP contribution >= 0.6 is 0 Å². The normalized spacial score (nSPS) is 26.0. The summed E-state index contributed by atoms with van der Waals surface area (Å²) in [4.78, 5) is 12.1. The molecule has 0 saturated heterocycles. The second-order valence-electron chi connectivity index (χ2n) is 7.05. The fraction of sp³-hybridized carbons (Fsp3) is 0.300. The molecule has 2 aliphatic rings. The van der Waals surface area contributed by atoms with Gasteiger partial charge >= 0.3 is 0 Å². The molecule has 8 heteroatoms. The van der Waals surface area contributed by atoms with Gasteiger partial charge < -0.3 is 4.74 Å². The van der Waals surface area contributed by atoms with Crippen molar-refractivity contribution in [1.29, 1.82) is 0 Å². The number of fused-ring (bicyclic) bond motifs is 3. The second-order valence-corrected chi connectivity index (χ2v) is 8.86. The van der Waals surface area contributed by atoms with Crippen LogP contribution in [0.5, 0.6) is 0 Å². The molecule has 2 aromatic rings. The number of nitrogens with zero attached hydrogens (tertiary/aromatic N) is 2. The van der Waals surface area contributed by atoms with Gasteiger partial charge in [0, 0.05) is 12.0 Å². The molecule has 28 heavy (non-hydrogen) atoms. The van der Waals surface area contributed by atoms with Crippen LogP contribution in [0.25, 0.3) is 0 Å². The largest absolute Gasteiger partial charge is 0.369 e. The molecular formula is C20H20N2O5S. The molecule has 0 fully saturated rings. The zero-order valence-corrected chi connectivity index (χ0v) is 16.3. The Kier molecular flexibility index (Phi) is 4.28. The highest BCUT2D eigenvalue weighted by atomic mass is 32.2. The Bertz CT molecular complexity index is 1060. The van der Waals surface area contributed by atoms with Gasteiger partial charge in [0.15, 0.2) is 6.10 Å². The highest BCUT2D eigenvalue weighted by Gasteiger charge is 2.68. The van der Waals surface area contributed by atoms with Crippen LogP contribution in [-0.4, -0.2) is 32.6 Å². The van der Waals surface area contributed by atoms with Crippen LogP contribution < -0.4 is 4.31 Å². The molecule has 146 valence electrons. The van der Waals surface area contributed by atoms with Crippen LogP contribution in [0.4, 0.5) is 5.69 Å². The van der Waals surface area contributed by atoms with Crippen LogP contribution in [0.2, 0.25) is 0 Å². The Hall–Kier alpha value is -2.71. The summed E-state index contributed by atoms with van der Waals surface area (Å²) in [5.41, 5.74) is -0.0782. The lowest BCUT2D eigenvalue weighted by Crippen LogP contribution is -2.59. The number of methoxy groups -OCH3 is 1. The predicted molar refractivity (Wildman–Crippen MR) is 104 cm³/mol. The molecule has 0 spiro atoms. The van der Waals surface area contributed by atoms with Crippen molar-refractivity contribution in [1.82, 2.24) is 0 Å². The van der Waals surface area contributed by atoms with Crippen molar-refractivity contribution in [3.63, 3.8) is 0 Å². The maximum Gasteiger partial charge on any atom is 0.299 e. The number of nitro groups is 1. The molecule has 0 saturated carbocycles. The van der Waals surface area contributed by atoms with E-state index in [-0.39, 0.29) is 11.3 Å². The average Bonchev–Trinajstić information content (AvgIpc) is 3.00. The monoisotopic (exact) mass is 400 g/mol. The number of benzene rings is 2. The van der Waals surface area contributed by atoms with Crippen molar-refractivity contribution in [3.05, 3.63) is 81.9 Å². The minimum absolute atomic E-state index is 0.107. The first-order valence-electron chi connectivity index (χ1n) is 8.89. The van der Waals surface area contributed by atoms with E-state index in [1.807, 2.05) is 6.92 Å². The summed E-state index contributed by atoms with van der Waals surface area (Å²) in [6, 6.07) is 12.2. The maximum absolute atomic E-state index is 13.6. The van der Waals surface area contributed by atoms with Crippen LogP contribution in [0, 0.1) is 17.0 Å². The van der Waals surface area contributed by atoms with E-state index in [0.29, 0.717) is 11.3 Å². The van der Waals surface area contributed by atoms with Crippen molar-refractivity contribution in [2.75, 3.05) is 11.4 Å². The summed E-state index contributed by atoms with van der Waals surface area (Å²) in [6.07, 6.45) is 2.75. The van der Waals surface area contributed by atoms with Gasteiger partial charge in [0.05, 0.1) is 16.1 Å². The fourth-order valence-electron chi connectivity index (χ4n) is 4.33. The predicted octanol–water partition coefficient (Wildman–Crippen LogP) is 3.02. The third-order valence-corrected chi connectivity index (χ3v) is 7.44. The van der Waals surface area contributed by atoms with E-state index < -0.39 is 32.6 Å². The van der Waals surface area contributed by atoms with E-state index in [4.69, 9.17) is 4.74 Å². The van der Waals surface area contributed by atoms with E-state index in [1.54, 1.807) is 48.6 Å². The Morgan fingerprint density at radius 3 is 2.50 bits per heavy atom. The van der Waals surface area contributed by atoms with Gasteiger partial charge in [-0.15, -0.1) is 0 Å². The summed E-state index contributed by atoms with van der Waals surface area (Å²) < 4.78 is 33.8. The lowest BCUT2D eigenvalue weighted by molar-refractivity contribution is -0.592. The molecule has 0 amide bonds. The number of hydrogen-bond donors (Lipinski definition) is 0. The van der Waals surface area contributed by atoms with E-state index in [2.05, 4.69) is 0 Å². The van der Waals surface area contributed by atoms with Crippen molar-refractivity contribution in [2.45, 2.75) is 35.9 Å². The molecule has 0 aromatic heterocycles. The fourth-order valence-corrected chi connectivity index (χ4v) is 6.04. The molecule has 2 aromatic carbocycles. The Morgan fingerprint density at radius 1 is 1.18 bits per heavy atom. The molecule has 4 rings (SSSR count). The SMILES string of the molecule is CO[C@@H]1C=CC[C@@H]2N(S(=O)(=O)c3ccc(C)cc3)c3ccccc3[C@@]21[N+](=O)[O-]. The van der Waals surface area contributed by atoms with Crippen molar-refractivity contribution >= 4 is 15.7 Å². The summed E-state index contributed by atoms with van der Waals surface area (Å²) >= 11 is 0. The summed E-state index contributed by atoms with van der Waals surface area (Å²) in [5, 5.41) is 12.4. The molecule has 0 radical (unpaired) electrons. The molecule has 0 N–H and O–H groups in total. The van der Waals surface area contributed by atoms with Gasteiger partial charge in [-0.2, -0.15) is 0 Å². The quantitative estimate of drug-likeness (QED) is 0.447. The minimum Gasteiger partial charge on any atom is -0.369 e. The Balaban J connectivity index is 1.99.